The summed E-state index contributed by atoms with van der Waals surface area (Å²) in [6.07, 6.45) is 0.908. The van der Waals surface area contributed by atoms with E-state index < -0.39 is 0 Å². The average Bonchev–Trinajstić information content (AvgIpc) is 2.89. The summed E-state index contributed by atoms with van der Waals surface area (Å²) in [6, 6.07) is 11.7. The second kappa shape index (κ2) is 5.49. The number of rotatable bonds is 4. The maximum Gasteiger partial charge on any atom is 0.269 e. The second-order valence-electron chi connectivity index (χ2n) is 4.32. The van der Waals surface area contributed by atoms with Crippen molar-refractivity contribution in [1.29, 1.82) is 0 Å². The van der Waals surface area contributed by atoms with E-state index in [0.717, 1.165) is 17.7 Å². The minimum absolute atomic E-state index is 0.112. The van der Waals surface area contributed by atoms with Crippen LogP contribution in [0.25, 0.3) is 11.3 Å². The molecule has 0 bridgehead atoms. The molecule has 1 aromatic carbocycles. The van der Waals surface area contributed by atoms with Crippen molar-refractivity contribution < 1.29 is 4.79 Å². The maximum absolute atomic E-state index is 11.9. The van der Waals surface area contributed by atoms with Gasteiger partial charge in [0.05, 0.1) is 5.69 Å². The van der Waals surface area contributed by atoms with Gasteiger partial charge in [-0.3, -0.25) is 9.89 Å². The van der Waals surface area contributed by atoms with Crippen molar-refractivity contribution in [3.63, 3.8) is 0 Å². The van der Waals surface area contributed by atoms with Crippen LogP contribution in [0.15, 0.2) is 36.4 Å². The van der Waals surface area contributed by atoms with Crippen molar-refractivity contribution in [3.05, 3.63) is 42.1 Å². The third-order valence-electron chi connectivity index (χ3n) is 2.88. The number of carbonyl (C=O) groups is 1. The summed E-state index contributed by atoms with van der Waals surface area (Å²) in [5.74, 6) is -0.112. The molecule has 1 heterocycles. The fourth-order valence-corrected chi connectivity index (χ4v) is 1.60. The Morgan fingerprint density at radius 2 is 2.11 bits per heavy atom. The first-order chi connectivity index (χ1) is 8.70. The highest BCUT2D eigenvalue weighted by Gasteiger charge is 2.12. The van der Waals surface area contributed by atoms with Crippen molar-refractivity contribution in [2.24, 2.45) is 0 Å². The van der Waals surface area contributed by atoms with E-state index >= 15 is 0 Å². The van der Waals surface area contributed by atoms with Crippen LogP contribution in [-0.4, -0.2) is 22.1 Å². The van der Waals surface area contributed by atoms with Gasteiger partial charge in [0, 0.05) is 11.6 Å². The molecule has 0 aliphatic rings. The van der Waals surface area contributed by atoms with Gasteiger partial charge in [0.2, 0.25) is 0 Å². The standard InChI is InChI=1S/C14H17N3O/c1-3-10(2)15-14(18)13-9-12(16-17-13)11-7-5-4-6-8-11/h4-10H,3H2,1-2H3,(H,15,18)(H,16,17)/t10-/m0/s1. The van der Waals surface area contributed by atoms with Gasteiger partial charge in [-0.05, 0) is 19.4 Å². The molecular formula is C14H17N3O. The van der Waals surface area contributed by atoms with Crippen molar-refractivity contribution in [3.8, 4) is 11.3 Å². The lowest BCUT2D eigenvalue weighted by Gasteiger charge is -2.09. The Kier molecular flexibility index (Phi) is 3.77. The molecule has 1 amide bonds. The molecule has 0 saturated heterocycles. The van der Waals surface area contributed by atoms with E-state index in [1.807, 2.05) is 44.2 Å². The van der Waals surface area contributed by atoms with E-state index in [1.54, 1.807) is 6.07 Å². The highest BCUT2D eigenvalue weighted by molar-refractivity contribution is 5.93. The van der Waals surface area contributed by atoms with Crippen molar-refractivity contribution in [2.75, 3.05) is 0 Å². The molecule has 0 fully saturated rings. The Hall–Kier alpha value is -2.10. The average molecular weight is 243 g/mol. The molecule has 2 rings (SSSR count). The molecule has 1 atom stereocenters. The normalized spacial score (nSPS) is 12.1. The number of H-pyrrole nitrogens is 1. The molecule has 0 aliphatic heterocycles. The van der Waals surface area contributed by atoms with Gasteiger partial charge in [-0.2, -0.15) is 5.10 Å². The molecule has 0 radical (unpaired) electrons. The third-order valence-corrected chi connectivity index (χ3v) is 2.88. The second-order valence-corrected chi connectivity index (χ2v) is 4.32. The van der Waals surface area contributed by atoms with E-state index in [9.17, 15) is 4.79 Å². The molecular weight excluding hydrogens is 226 g/mol. The van der Waals surface area contributed by atoms with Crippen LogP contribution in [0.4, 0.5) is 0 Å². The summed E-state index contributed by atoms with van der Waals surface area (Å²) >= 11 is 0. The van der Waals surface area contributed by atoms with Crippen LogP contribution in [0.3, 0.4) is 0 Å². The summed E-state index contributed by atoms with van der Waals surface area (Å²) in [6.45, 7) is 4.01. The van der Waals surface area contributed by atoms with Crippen LogP contribution in [0, 0.1) is 0 Å². The van der Waals surface area contributed by atoms with Gasteiger partial charge in [-0.25, -0.2) is 0 Å². The highest BCUT2D eigenvalue weighted by Crippen LogP contribution is 2.16. The van der Waals surface area contributed by atoms with Crippen molar-refractivity contribution in [2.45, 2.75) is 26.3 Å². The number of aromatic amines is 1. The van der Waals surface area contributed by atoms with Gasteiger partial charge < -0.3 is 5.32 Å². The third kappa shape index (κ3) is 2.77. The van der Waals surface area contributed by atoms with Gasteiger partial charge in [0.25, 0.3) is 5.91 Å². The molecule has 18 heavy (non-hydrogen) atoms. The predicted octanol–water partition coefficient (Wildman–Crippen LogP) is 2.61. The maximum atomic E-state index is 11.9. The molecule has 0 spiro atoms. The molecule has 0 aliphatic carbocycles. The lowest BCUT2D eigenvalue weighted by atomic mass is 10.1. The highest BCUT2D eigenvalue weighted by atomic mass is 16.2. The Balaban J connectivity index is 2.13. The molecule has 94 valence electrons. The molecule has 1 aromatic heterocycles. The van der Waals surface area contributed by atoms with Gasteiger partial charge in [-0.15, -0.1) is 0 Å². The van der Waals surface area contributed by atoms with Crippen molar-refractivity contribution >= 4 is 5.91 Å². The number of nitrogens with one attached hydrogen (secondary N) is 2. The van der Waals surface area contributed by atoms with E-state index in [4.69, 9.17) is 0 Å². The zero-order valence-electron chi connectivity index (χ0n) is 10.6. The molecule has 2 aromatic rings. The SMILES string of the molecule is CC[C@H](C)NC(=O)c1cc(-c2ccccc2)n[nH]1. The number of carbonyl (C=O) groups excluding carboxylic acids is 1. The molecule has 2 N–H and O–H groups in total. The zero-order valence-corrected chi connectivity index (χ0v) is 10.6. The van der Waals surface area contributed by atoms with Crippen molar-refractivity contribution in [1.82, 2.24) is 15.5 Å². The molecule has 0 unspecified atom stereocenters. The predicted molar refractivity (Wildman–Crippen MR) is 71.2 cm³/mol. The summed E-state index contributed by atoms with van der Waals surface area (Å²) in [5.41, 5.74) is 2.27. The molecule has 0 saturated carbocycles. The van der Waals surface area contributed by atoms with Crippen LogP contribution in [-0.2, 0) is 0 Å². The number of amides is 1. The van der Waals surface area contributed by atoms with Crippen LogP contribution in [0.2, 0.25) is 0 Å². The molecule has 4 nitrogen and oxygen atoms in total. The van der Waals surface area contributed by atoms with E-state index in [0.29, 0.717) is 5.69 Å². The first-order valence-corrected chi connectivity index (χ1v) is 6.12. The van der Waals surface area contributed by atoms with Gasteiger partial charge in [-0.1, -0.05) is 37.3 Å². The Morgan fingerprint density at radius 1 is 1.39 bits per heavy atom. The first kappa shape index (κ1) is 12.4. The number of nitrogens with zero attached hydrogens (tertiary/aromatic N) is 1. The quantitative estimate of drug-likeness (QED) is 0.867. The number of hydrogen-bond donors (Lipinski definition) is 2. The number of aromatic nitrogens is 2. The Bertz CT molecular complexity index is 519. The monoisotopic (exact) mass is 243 g/mol. The first-order valence-electron chi connectivity index (χ1n) is 6.12. The lowest BCUT2D eigenvalue weighted by Crippen LogP contribution is -2.32. The minimum Gasteiger partial charge on any atom is -0.348 e. The summed E-state index contributed by atoms with van der Waals surface area (Å²) < 4.78 is 0. The summed E-state index contributed by atoms with van der Waals surface area (Å²) in [7, 11) is 0. The summed E-state index contributed by atoms with van der Waals surface area (Å²) in [5, 5.41) is 9.83. The van der Waals surface area contributed by atoms with Gasteiger partial charge in [0.1, 0.15) is 5.69 Å². The van der Waals surface area contributed by atoms with Crippen LogP contribution in [0.5, 0.6) is 0 Å². The Morgan fingerprint density at radius 3 is 2.78 bits per heavy atom. The molecule has 4 heteroatoms. The summed E-state index contributed by atoms with van der Waals surface area (Å²) in [4.78, 5) is 11.9. The largest absolute Gasteiger partial charge is 0.348 e. The zero-order chi connectivity index (χ0) is 13.0. The van der Waals surface area contributed by atoms with E-state index in [2.05, 4.69) is 15.5 Å². The minimum atomic E-state index is -0.112. The van der Waals surface area contributed by atoms with Gasteiger partial charge >= 0.3 is 0 Å². The Labute approximate surface area is 106 Å². The van der Waals surface area contributed by atoms with E-state index in [-0.39, 0.29) is 11.9 Å². The van der Waals surface area contributed by atoms with E-state index in [1.165, 1.54) is 0 Å². The smallest absolute Gasteiger partial charge is 0.269 e. The van der Waals surface area contributed by atoms with Gasteiger partial charge in [0.15, 0.2) is 0 Å². The fourth-order valence-electron chi connectivity index (χ4n) is 1.60. The lowest BCUT2D eigenvalue weighted by molar-refractivity contribution is 0.0934. The fraction of sp³-hybridized carbons (Fsp3) is 0.286. The van der Waals surface area contributed by atoms with Crippen LogP contribution < -0.4 is 5.32 Å². The topological polar surface area (TPSA) is 57.8 Å². The van der Waals surface area contributed by atoms with Crippen LogP contribution in [0.1, 0.15) is 30.8 Å². The number of benzene rings is 1. The number of hydrogen-bond acceptors (Lipinski definition) is 2. The van der Waals surface area contributed by atoms with Crippen LogP contribution >= 0.6 is 0 Å².